The molecule has 1 aromatic heterocycles. The predicted octanol–water partition coefficient (Wildman–Crippen LogP) is 4.61. The Labute approximate surface area is 190 Å². The second kappa shape index (κ2) is 11.7. The highest BCUT2D eigenvalue weighted by atomic mass is 32.2. The zero-order valence-corrected chi connectivity index (χ0v) is 19.2. The van der Waals surface area contributed by atoms with E-state index in [9.17, 15) is 0 Å². The maximum Gasteiger partial charge on any atom is 0.187 e. The van der Waals surface area contributed by atoms with Gasteiger partial charge in [0.05, 0.1) is 0 Å². The number of hydrogen-bond donors (Lipinski definition) is 0. The van der Waals surface area contributed by atoms with Gasteiger partial charge in [-0.05, 0) is 57.5 Å². The minimum atomic E-state index is 0.468. The Morgan fingerprint density at radius 2 is 1.94 bits per heavy atom. The summed E-state index contributed by atoms with van der Waals surface area (Å²) in [7, 11) is 0. The van der Waals surface area contributed by atoms with E-state index in [0.29, 0.717) is 12.5 Å². The summed E-state index contributed by atoms with van der Waals surface area (Å²) in [5.41, 5.74) is 2.44. The van der Waals surface area contributed by atoms with E-state index in [2.05, 4.69) is 45.6 Å². The van der Waals surface area contributed by atoms with Crippen molar-refractivity contribution in [3.05, 3.63) is 60.4 Å². The fourth-order valence-electron chi connectivity index (χ4n) is 4.53. The van der Waals surface area contributed by atoms with Crippen LogP contribution in [0.5, 0.6) is 5.75 Å². The predicted molar refractivity (Wildman–Crippen MR) is 128 cm³/mol. The van der Waals surface area contributed by atoms with Gasteiger partial charge in [-0.25, -0.2) is 9.97 Å². The Morgan fingerprint density at radius 3 is 2.81 bits per heavy atom. The molecule has 1 atom stereocenters. The molecule has 0 saturated carbocycles. The summed E-state index contributed by atoms with van der Waals surface area (Å²) < 4.78 is 5.86. The van der Waals surface area contributed by atoms with Crippen LogP contribution in [-0.2, 0) is 6.54 Å². The van der Waals surface area contributed by atoms with Gasteiger partial charge in [0, 0.05) is 48.8 Å². The maximum atomic E-state index is 5.86. The summed E-state index contributed by atoms with van der Waals surface area (Å²) in [4.78, 5) is 14.5. The SMILES string of the molecule is C=CCOc1ccccc1CN1CCC[C@H](c2ccnc(SCCN3CCCC3)n2)C1. The van der Waals surface area contributed by atoms with Crippen LogP contribution in [0, 0.1) is 0 Å². The number of likely N-dealkylation sites (tertiary alicyclic amines) is 2. The zero-order chi connectivity index (χ0) is 21.3. The van der Waals surface area contributed by atoms with Crippen molar-refractivity contribution in [1.82, 2.24) is 19.8 Å². The van der Waals surface area contributed by atoms with E-state index in [4.69, 9.17) is 9.72 Å². The lowest BCUT2D eigenvalue weighted by Gasteiger charge is -2.32. The van der Waals surface area contributed by atoms with Gasteiger partial charge in [0.2, 0.25) is 0 Å². The van der Waals surface area contributed by atoms with E-state index in [1.165, 1.54) is 50.0 Å². The van der Waals surface area contributed by atoms with E-state index in [0.717, 1.165) is 42.8 Å². The highest BCUT2D eigenvalue weighted by Crippen LogP contribution is 2.29. The number of rotatable bonds is 10. The number of benzene rings is 1. The van der Waals surface area contributed by atoms with Crippen LogP contribution in [0.3, 0.4) is 0 Å². The third-order valence-electron chi connectivity index (χ3n) is 6.14. The summed E-state index contributed by atoms with van der Waals surface area (Å²) >= 11 is 1.80. The van der Waals surface area contributed by atoms with E-state index in [1.54, 1.807) is 17.8 Å². The van der Waals surface area contributed by atoms with Gasteiger partial charge in [0.25, 0.3) is 0 Å². The molecule has 5 nitrogen and oxygen atoms in total. The molecule has 2 aliphatic rings. The molecule has 2 saturated heterocycles. The standard InChI is InChI=1S/C25H34N4OS/c1-2-17-30-24-10-4-3-8-22(24)20-29-15-7-9-21(19-29)23-11-12-26-25(27-23)31-18-16-28-13-5-6-14-28/h2-4,8,10-12,21H,1,5-7,9,13-20H2/t21-/m0/s1. The van der Waals surface area contributed by atoms with Crippen LogP contribution in [0.2, 0.25) is 0 Å². The van der Waals surface area contributed by atoms with Crippen LogP contribution in [0.25, 0.3) is 0 Å². The quantitative estimate of drug-likeness (QED) is 0.307. The summed E-state index contributed by atoms with van der Waals surface area (Å²) in [6.45, 7) is 11.0. The first-order valence-electron chi connectivity index (χ1n) is 11.5. The molecule has 2 fully saturated rings. The molecule has 31 heavy (non-hydrogen) atoms. The van der Waals surface area contributed by atoms with Crippen LogP contribution in [0.4, 0.5) is 0 Å². The molecular weight excluding hydrogens is 404 g/mol. The fourth-order valence-corrected chi connectivity index (χ4v) is 5.37. The molecule has 0 spiro atoms. The lowest BCUT2D eigenvalue weighted by Crippen LogP contribution is -2.34. The zero-order valence-electron chi connectivity index (χ0n) is 18.4. The fraction of sp³-hybridized carbons (Fsp3) is 0.520. The van der Waals surface area contributed by atoms with Gasteiger partial charge in [-0.3, -0.25) is 4.90 Å². The number of hydrogen-bond acceptors (Lipinski definition) is 6. The molecule has 0 bridgehead atoms. The summed E-state index contributed by atoms with van der Waals surface area (Å²) in [6.07, 6.45) is 8.82. The van der Waals surface area contributed by atoms with Crippen LogP contribution >= 0.6 is 11.8 Å². The molecule has 0 N–H and O–H groups in total. The molecule has 4 rings (SSSR count). The first kappa shape index (κ1) is 22.3. The Morgan fingerprint density at radius 1 is 1.10 bits per heavy atom. The van der Waals surface area contributed by atoms with Crippen LogP contribution < -0.4 is 4.74 Å². The van der Waals surface area contributed by atoms with Gasteiger partial charge < -0.3 is 9.64 Å². The van der Waals surface area contributed by atoms with E-state index in [1.807, 2.05) is 12.3 Å². The van der Waals surface area contributed by atoms with Crippen LogP contribution in [0.15, 0.2) is 54.3 Å². The van der Waals surface area contributed by atoms with Gasteiger partial charge >= 0.3 is 0 Å². The summed E-state index contributed by atoms with van der Waals surface area (Å²) in [6, 6.07) is 10.5. The van der Waals surface area contributed by atoms with Crippen LogP contribution in [-0.4, -0.2) is 64.9 Å². The number of piperidine rings is 1. The van der Waals surface area contributed by atoms with Crippen molar-refractivity contribution in [3.8, 4) is 5.75 Å². The Kier molecular flexibility index (Phi) is 8.38. The highest BCUT2D eigenvalue weighted by Gasteiger charge is 2.23. The number of ether oxygens (including phenoxy) is 1. The number of nitrogens with zero attached hydrogens (tertiary/aromatic N) is 4. The molecule has 3 heterocycles. The van der Waals surface area contributed by atoms with Gasteiger partial charge in [-0.1, -0.05) is 42.6 Å². The van der Waals surface area contributed by atoms with Gasteiger partial charge in [-0.2, -0.15) is 0 Å². The van der Waals surface area contributed by atoms with Gasteiger partial charge in [0.1, 0.15) is 12.4 Å². The monoisotopic (exact) mass is 438 g/mol. The number of para-hydroxylation sites is 1. The molecular formula is C25H34N4OS. The minimum absolute atomic E-state index is 0.468. The van der Waals surface area contributed by atoms with Crippen molar-refractivity contribution in [2.45, 2.75) is 43.3 Å². The third-order valence-corrected chi connectivity index (χ3v) is 6.98. The van der Waals surface area contributed by atoms with E-state index in [-0.39, 0.29) is 0 Å². The molecule has 2 aromatic rings. The van der Waals surface area contributed by atoms with Crippen molar-refractivity contribution < 1.29 is 4.74 Å². The molecule has 0 amide bonds. The molecule has 0 radical (unpaired) electrons. The van der Waals surface area contributed by atoms with Crippen molar-refractivity contribution >= 4 is 11.8 Å². The molecule has 166 valence electrons. The topological polar surface area (TPSA) is 41.5 Å². The average molecular weight is 439 g/mol. The first-order valence-corrected chi connectivity index (χ1v) is 12.5. The van der Waals surface area contributed by atoms with Crippen molar-refractivity contribution in [3.63, 3.8) is 0 Å². The third kappa shape index (κ3) is 6.55. The van der Waals surface area contributed by atoms with Crippen LogP contribution in [0.1, 0.15) is 42.9 Å². The van der Waals surface area contributed by atoms with E-state index >= 15 is 0 Å². The highest BCUT2D eigenvalue weighted by molar-refractivity contribution is 7.99. The second-order valence-electron chi connectivity index (χ2n) is 8.44. The Bertz CT molecular complexity index is 840. The Balaban J connectivity index is 1.33. The lowest BCUT2D eigenvalue weighted by atomic mass is 9.94. The smallest absolute Gasteiger partial charge is 0.187 e. The second-order valence-corrected chi connectivity index (χ2v) is 9.51. The summed E-state index contributed by atoms with van der Waals surface area (Å²) in [5.74, 6) is 2.50. The van der Waals surface area contributed by atoms with Crippen molar-refractivity contribution in [1.29, 1.82) is 0 Å². The number of thioether (sulfide) groups is 1. The van der Waals surface area contributed by atoms with Crippen molar-refractivity contribution in [2.24, 2.45) is 0 Å². The van der Waals surface area contributed by atoms with Crippen molar-refractivity contribution in [2.75, 3.05) is 45.1 Å². The lowest BCUT2D eigenvalue weighted by molar-refractivity contribution is 0.195. The van der Waals surface area contributed by atoms with Gasteiger partial charge in [0.15, 0.2) is 5.16 Å². The number of aromatic nitrogens is 2. The average Bonchev–Trinajstić information content (AvgIpc) is 3.33. The summed E-state index contributed by atoms with van der Waals surface area (Å²) in [5, 5.41) is 0.928. The minimum Gasteiger partial charge on any atom is -0.489 e. The normalized spacial score (nSPS) is 20.1. The maximum absolute atomic E-state index is 5.86. The molecule has 6 heteroatoms. The first-order chi connectivity index (χ1) is 15.3. The molecule has 0 aliphatic carbocycles. The van der Waals surface area contributed by atoms with Gasteiger partial charge in [-0.15, -0.1) is 0 Å². The molecule has 0 unspecified atom stereocenters. The molecule has 2 aliphatic heterocycles. The Hall–Kier alpha value is -1.89. The molecule has 1 aromatic carbocycles. The van der Waals surface area contributed by atoms with E-state index < -0.39 is 0 Å². The largest absolute Gasteiger partial charge is 0.489 e.